The molecule has 100 valence electrons. The zero-order valence-electron chi connectivity index (χ0n) is 12.3. The van der Waals surface area contributed by atoms with Crippen molar-refractivity contribution in [3.63, 3.8) is 0 Å². The Kier molecular flexibility index (Phi) is 3.57. The monoisotopic (exact) mass is 238 g/mol. The summed E-state index contributed by atoms with van der Waals surface area (Å²) in [5.74, 6) is 0.926. The lowest BCUT2D eigenvalue weighted by Crippen LogP contribution is -2.70. The largest absolute Gasteiger partial charge is 0.308 e. The van der Waals surface area contributed by atoms with Crippen molar-refractivity contribution in [1.82, 2.24) is 10.2 Å². The van der Waals surface area contributed by atoms with Crippen LogP contribution < -0.4 is 5.32 Å². The topological polar surface area (TPSA) is 15.3 Å². The van der Waals surface area contributed by atoms with Gasteiger partial charge in [0.15, 0.2) is 0 Å². The second kappa shape index (κ2) is 4.55. The smallest absolute Gasteiger partial charge is 0.0309 e. The van der Waals surface area contributed by atoms with E-state index in [-0.39, 0.29) is 0 Å². The van der Waals surface area contributed by atoms with E-state index >= 15 is 0 Å². The predicted molar refractivity (Wildman–Crippen MR) is 74.3 cm³/mol. The van der Waals surface area contributed by atoms with Crippen LogP contribution in [0.2, 0.25) is 0 Å². The molecule has 1 aliphatic carbocycles. The quantitative estimate of drug-likeness (QED) is 0.810. The van der Waals surface area contributed by atoms with Gasteiger partial charge in [-0.1, -0.05) is 13.8 Å². The van der Waals surface area contributed by atoms with Crippen molar-refractivity contribution in [1.29, 1.82) is 0 Å². The highest BCUT2D eigenvalue weighted by atomic mass is 15.3. The number of piperazine rings is 1. The number of hydrogen-bond acceptors (Lipinski definition) is 2. The van der Waals surface area contributed by atoms with Gasteiger partial charge in [0.2, 0.25) is 0 Å². The van der Waals surface area contributed by atoms with Crippen LogP contribution in [0.4, 0.5) is 0 Å². The van der Waals surface area contributed by atoms with Crippen molar-refractivity contribution in [2.45, 2.75) is 77.4 Å². The van der Waals surface area contributed by atoms with Gasteiger partial charge in [-0.3, -0.25) is 4.90 Å². The molecule has 1 saturated carbocycles. The molecule has 0 aromatic rings. The summed E-state index contributed by atoms with van der Waals surface area (Å²) in [6.07, 6.45) is 5.36. The summed E-state index contributed by atoms with van der Waals surface area (Å²) in [5, 5.41) is 3.87. The van der Waals surface area contributed by atoms with Gasteiger partial charge in [0, 0.05) is 30.2 Å². The van der Waals surface area contributed by atoms with Gasteiger partial charge in [0.1, 0.15) is 0 Å². The highest BCUT2D eigenvalue weighted by Crippen LogP contribution is 2.43. The summed E-state index contributed by atoms with van der Waals surface area (Å²) in [6.45, 7) is 14.3. The molecule has 1 aliphatic heterocycles. The molecule has 17 heavy (non-hydrogen) atoms. The third-order valence-corrected chi connectivity index (χ3v) is 5.43. The third kappa shape index (κ3) is 2.39. The first-order valence-corrected chi connectivity index (χ1v) is 7.47. The van der Waals surface area contributed by atoms with E-state index in [1.807, 2.05) is 0 Å². The highest BCUT2D eigenvalue weighted by molar-refractivity contribution is 5.08. The van der Waals surface area contributed by atoms with Crippen LogP contribution in [0.25, 0.3) is 0 Å². The summed E-state index contributed by atoms with van der Waals surface area (Å²) < 4.78 is 0. The summed E-state index contributed by atoms with van der Waals surface area (Å²) in [5.41, 5.74) is 0.724. The van der Waals surface area contributed by atoms with Gasteiger partial charge in [-0.05, 0) is 52.4 Å². The number of nitrogens with one attached hydrogen (secondary N) is 1. The molecular formula is C15H30N2. The lowest BCUT2D eigenvalue weighted by atomic mass is 9.83. The maximum absolute atomic E-state index is 3.87. The molecule has 2 heteroatoms. The van der Waals surface area contributed by atoms with Gasteiger partial charge in [0.25, 0.3) is 0 Å². The first kappa shape index (κ1) is 13.4. The van der Waals surface area contributed by atoms with Crippen molar-refractivity contribution >= 4 is 0 Å². The third-order valence-electron chi connectivity index (χ3n) is 5.43. The van der Waals surface area contributed by atoms with Gasteiger partial charge in [0.05, 0.1) is 0 Å². The summed E-state index contributed by atoms with van der Waals surface area (Å²) in [6, 6.07) is 0.708. The highest BCUT2D eigenvalue weighted by Gasteiger charge is 2.49. The second-order valence-corrected chi connectivity index (χ2v) is 6.78. The maximum atomic E-state index is 3.87. The molecule has 0 bridgehead atoms. The minimum Gasteiger partial charge on any atom is -0.308 e. The van der Waals surface area contributed by atoms with E-state index in [0.29, 0.717) is 17.1 Å². The fourth-order valence-electron chi connectivity index (χ4n) is 3.32. The van der Waals surface area contributed by atoms with Crippen LogP contribution in [0.1, 0.15) is 60.3 Å². The molecule has 2 fully saturated rings. The lowest BCUT2D eigenvalue weighted by molar-refractivity contribution is -0.0176. The fraction of sp³-hybridized carbons (Fsp3) is 1.00. The molecule has 0 spiro atoms. The Morgan fingerprint density at radius 1 is 1.29 bits per heavy atom. The Bertz CT molecular complexity index is 274. The molecule has 3 atom stereocenters. The first-order chi connectivity index (χ1) is 7.95. The first-order valence-electron chi connectivity index (χ1n) is 7.47. The number of nitrogens with zero attached hydrogens (tertiary/aromatic N) is 1. The van der Waals surface area contributed by atoms with Crippen molar-refractivity contribution in [3.8, 4) is 0 Å². The van der Waals surface area contributed by atoms with Crippen molar-refractivity contribution in [2.24, 2.45) is 5.92 Å². The standard InChI is InChI=1S/C15H30N2/c1-6-12(3)17-11-15(5,13-8-9-13)16-10-14(17,4)7-2/h12-13,16H,6-11H2,1-5H3. The zero-order valence-corrected chi connectivity index (χ0v) is 12.3. The van der Waals surface area contributed by atoms with Crippen LogP contribution in [0.5, 0.6) is 0 Å². The molecule has 1 N–H and O–H groups in total. The van der Waals surface area contributed by atoms with Crippen LogP contribution in [-0.2, 0) is 0 Å². The molecule has 0 amide bonds. The SMILES string of the molecule is CCC(C)N1CC(C)(C2CC2)NCC1(C)CC. The molecule has 1 heterocycles. The molecule has 2 nitrogen and oxygen atoms in total. The average molecular weight is 238 g/mol. The molecule has 1 saturated heterocycles. The van der Waals surface area contributed by atoms with Gasteiger partial charge >= 0.3 is 0 Å². The van der Waals surface area contributed by atoms with Crippen molar-refractivity contribution < 1.29 is 0 Å². The van der Waals surface area contributed by atoms with E-state index in [0.717, 1.165) is 12.5 Å². The van der Waals surface area contributed by atoms with Crippen LogP contribution in [0.15, 0.2) is 0 Å². The molecule has 0 aromatic heterocycles. The Morgan fingerprint density at radius 2 is 1.94 bits per heavy atom. The van der Waals surface area contributed by atoms with Crippen LogP contribution >= 0.6 is 0 Å². The predicted octanol–water partition coefficient (Wildman–Crippen LogP) is 3.03. The van der Waals surface area contributed by atoms with Gasteiger partial charge in [-0.15, -0.1) is 0 Å². The molecule has 0 aromatic carbocycles. The van der Waals surface area contributed by atoms with Gasteiger partial charge < -0.3 is 5.32 Å². The van der Waals surface area contributed by atoms with Gasteiger partial charge in [-0.2, -0.15) is 0 Å². The summed E-state index contributed by atoms with van der Waals surface area (Å²) in [4.78, 5) is 2.78. The number of hydrogen-bond donors (Lipinski definition) is 1. The minimum absolute atomic E-state index is 0.351. The molecule has 3 unspecified atom stereocenters. The van der Waals surface area contributed by atoms with Crippen molar-refractivity contribution in [2.75, 3.05) is 13.1 Å². The average Bonchev–Trinajstić information content (AvgIpc) is 3.16. The minimum atomic E-state index is 0.351. The van der Waals surface area contributed by atoms with Gasteiger partial charge in [-0.25, -0.2) is 0 Å². The van der Waals surface area contributed by atoms with E-state index in [1.165, 1.54) is 32.2 Å². The van der Waals surface area contributed by atoms with E-state index in [9.17, 15) is 0 Å². The Morgan fingerprint density at radius 3 is 2.41 bits per heavy atom. The summed E-state index contributed by atoms with van der Waals surface area (Å²) in [7, 11) is 0. The molecule has 2 aliphatic rings. The fourth-order valence-corrected chi connectivity index (χ4v) is 3.32. The molecular weight excluding hydrogens is 208 g/mol. The van der Waals surface area contributed by atoms with E-state index < -0.39 is 0 Å². The lowest BCUT2D eigenvalue weighted by Gasteiger charge is -2.54. The summed E-state index contributed by atoms with van der Waals surface area (Å²) >= 11 is 0. The molecule has 0 radical (unpaired) electrons. The Balaban J connectivity index is 2.15. The van der Waals surface area contributed by atoms with Crippen LogP contribution in [0.3, 0.4) is 0 Å². The zero-order chi connectivity index (χ0) is 12.7. The normalized spacial score (nSPS) is 41.5. The van der Waals surface area contributed by atoms with E-state index in [1.54, 1.807) is 0 Å². The maximum Gasteiger partial charge on any atom is 0.0309 e. The van der Waals surface area contributed by atoms with E-state index in [2.05, 4.69) is 44.8 Å². The molecule has 2 rings (SSSR count). The van der Waals surface area contributed by atoms with Crippen molar-refractivity contribution in [3.05, 3.63) is 0 Å². The Labute approximate surface area is 107 Å². The number of rotatable bonds is 4. The van der Waals surface area contributed by atoms with Crippen LogP contribution in [0, 0.1) is 5.92 Å². The Hall–Kier alpha value is -0.0800. The van der Waals surface area contributed by atoms with Crippen LogP contribution in [-0.4, -0.2) is 35.1 Å². The van der Waals surface area contributed by atoms with E-state index in [4.69, 9.17) is 0 Å². The second-order valence-electron chi connectivity index (χ2n) is 6.78.